The minimum Gasteiger partial charge on any atom is -0.492 e. The Hall–Kier alpha value is -2.45. The van der Waals surface area contributed by atoms with Crippen LogP contribution >= 0.6 is 11.3 Å². The van der Waals surface area contributed by atoms with Gasteiger partial charge in [0.2, 0.25) is 5.91 Å². The number of amides is 3. The molecule has 140 valence electrons. The molecule has 0 atom stereocenters. The molecule has 0 unspecified atom stereocenters. The Labute approximate surface area is 156 Å². The zero-order valence-electron chi connectivity index (χ0n) is 14.5. The lowest BCUT2D eigenvalue weighted by Gasteiger charge is -2.16. The van der Waals surface area contributed by atoms with Gasteiger partial charge in [0.25, 0.3) is 0 Å². The van der Waals surface area contributed by atoms with Crippen molar-refractivity contribution >= 4 is 23.3 Å². The van der Waals surface area contributed by atoms with E-state index in [1.165, 1.54) is 17.0 Å². The molecule has 0 aliphatic heterocycles. The number of nitrogens with zero attached hydrogens (tertiary/aromatic N) is 1. The maximum absolute atomic E-state index is 12.8. The Kier molecular flexibility index (Phi) is 8.04. The van der Waals surface area contributed by atoms with E-state index in [1.54, 1.807) is 35.4 Å². The van der Waals surface area contributed by atoms with Gasteiger partial charge < -0.3 is 10.1 Å². The highest BCUT2D eigenvalue weighted by Gasteiger charge is 2.10. The summed E-state index contributed by atoms with van der Waals surface area (Å²) in [5.74, 6) is -0.142. The van der Waals surface area contributed by atoms with Gasteiger partial charge in [0.15, 0.2) is 0 Å². The number of likely N-dealkylation sites (N-methyl/N-ethyl adjacent to an activating group) is 1. The quantitative estimate of drug-likeness (QED) is 0.701. The largest absolute Gasteiger partial charge is 0.492 e. The van der Waals surface area contributed by atoms with E-state index in [4.69, 9.17) is 4.74 Å². The molecule has 0 saturated heterocycles. The van der Waals surface area contributed by atoms with Crippen molar-refractivity contribution in [3.05, 3.63) is 52.5 Å². The summed E-state index contributed by atoms with van der Waals surface area (Å²) < 4.78 is 18.3. The third-order valence-electron chi connectivity index (χ3n) is 3.46. The van der Waals surface area contributed by atoms with Gasteiger partial charge in [0.05, 0.1) is 6.54 Å². The third kappa shape index (κ3) is 7.62. The van der Waals surface area contributed by atoms with E-state index >= 15 is 0 Å². The zero-order chi connectivity index (χ0) is 18.8. The SMILES string of the molecule is CN(CCOc1ccc(F)cc1)CC(=O)NC(=O)NCCc1cccs1. The lowest BCUT2D eigenvalue weighted by atomic mass is 10.3. The number of imide groups is 1. The second-order valence-electron chi connectivity index (χ2n) is 5.67. The van der Waals surface area contributed by atoms with Crippen LogP contribution in [0.2, 0.25) is 0 Å². The highest BCUT2D eigenvalue weighted by molar-refractivity contribution is 7.09. The van der Waals surface area contributed by atoms with Crippen molar-refractivity contribution in [1.82, 2.24) is 15.5 Å². The lowest BCUT2D eigenvalue weighted by molar-refractivity contribution is -0.120. The van der Waals surface area contributed by atoms with E-state index in [-0.39, 0.29) is 18.3 Å². The van der Waals surface area contributed by atoms with Crippen LogP contribution in [0.1, 0.15) is 4.88 Å². The van der Waals surface area contributed by atoms with Crippen LogP contribution in [0.4, 0.5) is 9.18 Å². The fourth-order valence-corrected chi connectivity index (χ4v) is 2.85. The Balaban J connectivity index is 1.57. The Morgan fingerprint density at radius 1 is 1.23 bits per heavy atom. The fourth-order valence-electron chi connectivity index (χ4n) is 2.14. The highest BCUT2D eigenvalue weighted by Crippen LogP contribution is 2.10. The summed E-state index contributed by atoms with van der Waals surface area (Å²) in [4.78, 5) is 26.4. The second kappa shape index (κ2) is 10.5. The van der Waals surface area contributed by atoms with Crippen LogP contribution in [0.15, 0.2) is 41.8 Å². The Morgan fingerprint density at radius 3 is 2.69 bits per heavy atom. The van der Waals surface area contributed by atoms with E-state index in [2.05, 4.69) is 10.6 Å². The molecular weight excluding hydrogens is 357 g/mol. The maximum Gasteiger partial charge on any atom is 0.321 e. The number of rotatable bonds is 9. The van der Waals surface area contributed by atoms with Crippen LogP contribution in [-0.2, 0) is 11.2 Å². The first-order valence-electron chi connectivity index (χ1n) is 8.20. The number of hydrogen-bond donors (Lipinski definition) is 2. The highest BCUT2D eigenvalue weighted by atomic mass is 32.1. The van der Waals surface area contributed by atoms with Gasteiger partial charge >= 0.3 is 6.03 Å². The molecule has 2 rings (SSSR count). The molecule has 0 bridgehead atoms. The van der Waals surface area contributed by atoms with E-state index in [0.717, 1.165) is 6.42 Å². The molecule has 0 saturated carbocycles. The monoisotopic (exact) mass is 379 g/mol. The normalized spacial score (nSPS) is 10.6. The molecule has 0 spiro atoms. The molecule has 2 N–H and O–H groups in total. The molecule has 0 fully saturated rings. The van der Waals surface area contributed by atoms with Crippen LogP contribution in [-0.4, -0.2) is 50.1 Å². The van der Waals surface area contributed by atoms with Crippen molar-refractivity contribution in [2.45, 2.75) is 6.42 Å². The molecule has 0 aliphatic carbocycles. The molecule has 3 amide bonds. The number of halogens is 1. The molecule has 2 aromatic rings. The smallest absolute Gasteiger partial charge is 0.321 e. The molecule has 1 aromatic carbocycles. The number of urea groups is 1. The van der Waals surface area contributed by atoms with E-state index in [9.17, 15) is 14.0 Å². The van der Waals surface area contributed by atoms with Gasteiger partial charge in [-0.05, 0) is 49.2 Å². The van der Waals surface area contributed by atoms with Gasteiger partial charge in [-0.3, -0.25) is 15.0 Å². The summed E-state index contributed by atoms with van der Waals surface area (Å²) in [6, 6.07) is 9.19. The summed E-state index contributed by atoms with van der Waals surface area (Å²) in [7, 11) is 1.75. The van der Waals surface area contributed by atoms with Gasteiger partial charge in [-0.2, -0.15) is 0 Å². The predicted octanol–water partition coefficient (Wildman–Crippen LogP) is 2.27. The first-order chi connectivity index (χ1) is 12.5. The Bertz CT molecular complexity index is 692. The zero-order valence-corrected chi connectivity index (χ0v) is 15.4. The maximum atomic E-state index is 12.8. The average Bonchev–Trinajstić information content (AvgIpc) is 3.10. The van der Waals surface area contributed by atoms with E-state index in [0.29, 0.717) is 25.4 Å². The predicted molar refractivity (Wildman–Crippen MR) is 99.0 cm³/mol. The fraction of sp³-hybridized carbons (Fsp3) is 0.333. The van der Waals surface area contributed by atoms with Gasteiger partial charge in [-0.25, -0.2) is 9.18 Å². The first kappa shape index (κ1) is 19.9. The number of benzene rings is 1. The van der Waals surface area contributed by atoms with Gasteiger partial charge in [-0.1, -0.05) is 6.07 Å². The summed E-state index contributed by atoms with van der Waals surface area (Å²) >= 11 is 1.63. The number of carbonyl (C=O) groups is 2. The lowest BCUT2D eigenvalue weighted by Crippen LogP contribution is -2.44. The summed E-state index contributed by atoms with van der Waals surface area (Å²) in [5, 5.41) is 6.93. The van der Waals surface area contributed by atoms with Crippen LogP contribution in [0.3, 0.4) is 0 Å². The van der Waals surface area contributed by atoms with Gasteiger partial charge in [0, 0.05) is 18.0 Å². The van der Waals surface area contributed by atoms with Crippen LogP contribution in [0.5, 0.6) is 5.75 Å². The first-order valence-corrected chi connectivity index (χ1v) is 9.08. The number of ether oxygens (including phenoxy) is 1. The topological polar surface area (TPSA) is 70.7 Å². The number of hydrogen-bond acceptors (Lipinski definition) is 5. The van der Waals surface area contributed by atoms with Gasteiger partial charge in [0.1, 0.15) is 18.2 Å². The van der Waals surface area contributed by atoms with E-state index in [1.807, 2.05) is 17.5 Å². The van der Waals surface area contributed by atoms with Crippen molar-refractivity contribution in [2.75, 3.05) is 33.3 Å². The summed E-state index contributed by atoms with van der Waals surface area (Å²) in [6.45, 7) is 1.39. The standard InChI is InChI=1S/C18H22FN3O3S/c1-22(10-11-25-15-6-4-14(19)5-7-15)13-17(23)21-18(24)20-9-8-16-3-2-12-26-16/h2-7,12H,8-11,13H2,1H3,(H2,20,21,23,24). The molecule has 0 radical (unpaired) electrons. The van der Waals surface area contributed by atoms with Crippen LogP contribution < -0.4 is 15.4 Å². The molecule has 6 nitrogen and oxygen atoms in total. The van der Waals surface area contributed by atoms with Crippen molar-refractivity contribution < 1.29 is 18.7 Å². The van der Waals surface area contributed by atoms with Crippen LogP contribution in [0, 0.1) is 5.82 Å². The molecule has 0 aliphatic rings. The molecule has 8 heteroatoms. The summed E-state index contributed by atoms with van der Waals surface area (Å²) in [5.41, 5.74) is 0. The molecule has 1 heterocycles. The van der Waals surface area contributed by atoms with Crippen molar-refractivity contribution in [3.8, 4) is 5.75 Å². The number of thiophene rings is 1. The number of nitrogens with one attached hydrogen (secondary N) is 2. The van der Waals surface area contributed by atoms with Gasteiger partial charge in [-0.15, -0.1) is 11.3 Å². The van der Waals surface area contributed by atoms with Crippen molar-refractivity contribution in [3.63, 3.8) is 0 Å². The summed E-state index contributed by atoms with van der Waals surface area (Å²) in [6.07, 6.45) is 0.736. The molecular formula is C18H22FN3O3S. The van der Waals surface area contributed by atoms with Crippen LogP contribution in [0.25, 0.3) is 0 Å². The second-order valence-corrected chi connectivity index (χ2v) is 6.71. The molecule has 1 aromatic heterocycles. The Morgan fingerprint density at radius 2 is 2.00 bits per heavy atom. The number of carbonyl (C=O) groups excluding carboxylic acids is 2. The average molecular weight is 379 g/mol. The minimum atomic E-state index is -0.498. The molecule has 26 heavy (non-hydrogen) atoms. The van der Waals surface area contributed by atoms with Crippen molar-refractivity contribution in [1.29, 1.82) is 0 Å². The van der Waals surface area contributed by atoms with Crippen molar-refractivity contribution in [2.24, 2.45) is 0 Å². The van der Waals surface area contributed by atoms with E-state index < -0.39 is 6.03 Å². The third-order valence-corrected chi connectivity index (χ3v) is 4.40. The minimum absolute atomic E-state index is 0.0745.